The van der Waals surface area contributed by atoms with Crippen molar-refractivity contribution in [3.05, 3.63) is 64.7 Å². The second kappa shape index (κ2) is 5.82. The molecule has 2 nitrogen and oxygen atoms in total. The summed E-state index contributed by atoms with van der Waals surface area (Å²) in [5.41, 5.74) is 0.951. The lowest BCUT2D eigenvalue weighted by atomic mass is 9.98. The molecule has 2 aromatic rings. The molecule has 2 aromatic carbocycles. The molecule has 0 unspecified atom stereocenters. The van der Waals surface area contributed by atoms with Crippen molar-refractivity contribution in [3.8, 4) is 5.75 Å². The zero-order valence-corrected chi connectivity index (χ0v) is 11.2. The van der Waals surface area contributed by atoms with Crippen LogP contribution < -0.4 is 4.74 Å². The summed E-state index contributed by atoms with van der Waals surface area (Å²) in [5, 5.41) is 0. The fourth-order valence-corrected chi connectivity index (χ4v) is 2.03. The van der Waals surface area contributed by atoms with Crippen LogP contribution in [0, 0.1) is 18.6 Å². The summed E-state index contributed by atoms with van der Waals surface area (Å²) in [4.78, 5) is 12.2. The molecule has 0 aromatic heterocycles. The van der Waals surface area contributed by atoms with Gasteiger partial charge in [-0.2, -0.15) is 0 Å². The molecule has 20 heavy (non-hydrogen) atoms. The van der Waals surface area contributed by atoms with Crippen LogP contribution in [0.4, 0.5) is 8.78 Å². The first-order valence-electron chi connectivity index (χ1n) is 6.13. The summed E-state index contributed by atoms with van der Waals surface area (Å²) in [6, 6.07) is 8.54. The molecule has 4 heteroatoms. The lowest BCUT2D eigenvalue weighted by molar-refractivity contribution is 0.0990. The van der Waals surface area contributed by atoms with Crippen molar-refractivity contribution in [1.29, 1.82) is 0 Å². The zero-order valence-electron chi connectivity index (χ0n) is 11.2. The van der Waals surface area contributed by atoms with E-state index in [0.717, 1.165) is 12.1 Å². The van der Waals surface area contributed by atoms with E-state index in [9.17, 15) is 13.6 Å². The van der Waals surface area contributed by atoms with Gasteiger partial charge in [-0.25, -0.2) is 8.78 Å². The number of halogens is 2. The van der Waals surface area contributed by atoms with E-state index < -0.39 is 11.6 Å². The van der Waals surface area contributed by atoms with Gasteiger partial charge in [-0.3, -0.25) is 4.79 Å². The first-order valence-corrected chi connectivity index (χ1v) is 6.13. The number of ether oxygens (including phenoxy) is 1. The number of carbonyl (C=O) groups is 1. The van der Waals surface area contributed by atoms with Crippen LogP contribution in [-0.4, -0.2) is 12.9 Å². The van der Waals surface area contributed by atoms with Crippen molar-refractivity contribution in [2.75, 3.05) is 7.11 Å². The molecule has 0 N–H and O–H groups in total. The van der Waals surface area contributed by atoms with Crippen LogP contribution in [-0.2, 0) is 6.42 Å². The van der Waals surface area contributed by atoms with Gasteiger partial charge in [0.05, 0.1) is 7.11 Å². The van der Waals surface area contributed by atoms with Crippen LogP contribution >= 0.6 is 0 Å². The predicted molar refractivity (Wildman–Crippen MR) is 72.1 cm³/mol. The van der Waals surface area contributed by atoms with Gasteiger partial charge in [-0.1, -0.05) is 6.07 Å². The minimum Gasteiger partial charge on any atom is -0.497 e. The molecule has 0 radical (unpaired) electrons. The highest BCUT2D eigenvalue weighted by atomic mass is 19.1. The summed E-state index contributed by atoms with van der Waals surface area (Å²) in [5.74, 6) is -1.10. The number of ketones is 1. The monoisotopic (exact) mass is 276 g/mol. The normalized spacial score (nSPS) is 10.4. The maximum atomic E-state index is 13.5. The Kier molecular flexibility index (Phi) is 4.13. The molecule has 0 spiro atoms. The van der Waals surface area contributed by atoms with E-state index in [1.165, 1.54) is 13.2 Å². The van der Waals surface area contributed by atoms with Gasteiger partial charge in [0.1, 0.15) is 17.4 Å². The number of carbonyl (C=O) groups excluding carboxylic acids is 1. The Morgan fingerprint density at radius 2 is 1.80 bits per heavy atom. The summed E-state index contributed by atoms with van der Waals surface area (Å²) in [6.45, 7) is 1.76. The summed E-state index contributed by atoms with van der Waals surface area (Å²) >= 11 is 0. The quantitative estimate of drug-likeness (QED) is 0.796. The molecule has 0 aliphatic rings. The van der Waals surface area contributed by atoms with Crippen molar-refractivity contribution in [2.45, 2.75) is 13.3 Å². The SMILES string of the molecule is COc1ccc(C(=O)Cc2c(F)cccc2F)c(C)c1. The predicted octanol–water partition coefficient (Wildman–Crippen LogP) is 3.71. The van der Waals surface area contributed by atoms with Crippen molar-refractivity contribution in [3.63, 3.8) is 0 Å². The topological polar surface area (TPSA) is 26.3 Å². The number of rotatable bonds is 4. The molecule has 0 saturated heterocycles. The van der Waals surface area contributed by atoms with E-state index in [-0.39, 0.29) is 17.8 Å². The lowest BCUT2D eigenvalue weighted by Crippen LogP contribution is -2.09. The maximum Gasteiger partial charge on any atom is 0.167 e. The molecule has 0 aliphatic carbocycles. The average molecular weight is 276 g/mol. The second-order valence-electron chi connectivity index (χ2n) is 4.48. The van der Waals surface area contributed by atoms with E-state index in [4.69, 9.17) is 4.74 Å². The Balaban J connectivity index is 2.29. The van der Waals surface area contributed by atoms with E-state index in [1.54, 1.807) is 25.1 Å². The van der Waals surface area contributed by atoms with Gasteiger partial charge in [0.2, 0.25) is 0 Å². The first kappa shape index (κ1) is 14.2. The molecular formula is C16H14F2O2. The van der Waals surface area contributed by atoms with Crippen LogP contribution in [0.3, 0.4) is 0 Å². The van der Waals surface area contributed by atoms with Gasteiger partial charge in [0.25, 0.3) is 0 Å². The Bertz CT molecular complexity index is 631. The van der Waals surface area contributed by atoms with E-state index >= 15 is 0 Å². The molecule has 0 atom stereocenters. The smallest absolute Gasteiger partial charge is 0.167 e. The van der Waals surface area contributed by atoms with E-state index in [2.05, 4.69) is 0 Å². The number of hydrogen-bond donors (Lipinski definition) is 0. The molecule has 0 bridgehead atoms. The zero-order chi connectivity index (χ0) is 14.7. The lowest BCUT2D eigenvalue weighted by Gasteiger charge is -2.08. The maximum absolute atomic E-state index is 13.5. The summed E-state index contributed by atoms with van der Waals surface area (Å²) in [6.07, 6.45) is -0.300. The molecular weight excluding hydrogens is 262 g/mol. The Labute approximate surface area is 116 Å². The highest BCUT2D eigenvalue weighted by molar-refractivity contribution is 5.99. The van der Waals surface area contributed by atoms with Crippen molar-refractivity contribution < 1.29 is 18.3 Å². The van der Waals surface area contributed by atoms with E-state index in [0.29, 0.717) is 16.9 Å². The molecule has 104 valence electrons. The number of benzene rings is 2. The standard InChI is InChI=1S/C16H14F2O2/c1-10-8-11(20-2)6-7-12(10)16(19)9-13-14(17)4-3-5-15(13)18/h3-8H,9H2,1-2H3. The van der Waals surface area contributed by atoms with Crippen LogP contribution in [0.2, 0.25) is 0 Å². The minimum absolute atomic E-state index is 0.201. The van der Waals surface area contributed by atoms with Crippen molar-refractivity contribution >= 4 is 5.78 Å². The summed E-state index contributed by atoms with van der Waals surface area (Å²) < 4.78 is 32.1. The van der Waals surface area contributed by atoms with Crippen molar-refractivity contribution in [1.82, 2.24) is 0 Å². The van der Waals surface area contributed by atoms with Gasteiger partial charge >= 0.3 is 0 Å². The third-order valence-corrected chi connectivity index (χ3v) is 3.13. The van der Waals surface area contributed by atoms with Crippen LogP contribution in [0.5, 0.6) is 5.75 Å². The number of Topliss-reactive ketones (excluding diaryl/α,β-unsaturated/α-hetero) is 1. The molecule has 0 amide bonds. The van der Waals surface area contributed by atoms with Gasteiger partial charge in [-0.05, 0) is 42.8 Å². The second-order valence-corrected chi connectivity index (χ2v) is 4.48. The molecule has 0 fully saturated rings. The third-order valence-electron chi connectivity index (χ3n) is 3.13. The Morgan fingerprint density at radius 3 is 2.35 bits per heavy atom. The van der Waals surface area contributed by atoms with Crippen LogP contribution in [0.15, 0.2) is 36.4 Å². The first-order chi connectivity index (χ1) is 9.52. The van der Waals surface area contributed by atoms with E-state index in [1.807, 2.05) is 0 Å². The molecule has 0 heterocycles. The third kappa shape index (κ3) is 2.85. The largest absolute Gasteiger partial charge is 0.497 e. The van der Waals surface area contributed by atoms with Crippen LogP contribution in [0.25, 0.3) is 0 Å². The number of aryl methyl sites for hydroxylation is 1. The molecule has 0 saturated carbocycles. The number of hydrogen-bond acceptors (Lipinski definition) is 2. The van der Waals surface area contributed by atoms with Gasteiger partial charge in [-0.15, -0.1) is 0 Å². The van der Waals surface area contributed by atoms with Crippen LogP contribution in [0.1, 0.15) is 21.5 Å². The van der Waals surface area contributed by atoms with Gasteiger partial charge in [0, 0.05) is 17.5 Å². The number of methoxy groups -OCH3 is 1. The Morgan fingerprint density at radius 1 is 1.15 bits per heavy atom. The Hall–Kier alpha value is -2.23. The highest BCUT2D eigenvalue weighted by Gasteiger charge is 2.16. The highest BCUT2D eigenvalue weighted by Crippen LogP contribution is 2.20. The van der Waals surface area contributed by atoms with Gasteiger partial charge < -0.3 is 4.74 Å². The van der Waals surface area contributed by atoms with Gasteiger partial charge in [0.15, 0.2) is 5.78 Å². The minimum atomic E-state index is -0.704. The molecule has 2 rings (SSSR count). The van der Waals surface area contributed by atoms with Crippen molar-refractivity contribution in [2.24, 2.45) is 0 Å². The fraction of sp³-hybridized carbons (Fsp3) is 0.188. The molecule has 0 aliphatic heterocycles. The summed E-state index contributed by atoms with van der Waals surface area (Å²) in [7, 11) is 1.53. The fourth-order valence-electron chi connectivity index (χ4n) is 2.03. The average Bonchev–Trinajstić information content (AvgIpc) is 2.42.